The van der Waals surface area contributed by atoms with Crippen molar-refractivity contribution in [3.63, 3.8) is 0 Å². The molecule has 1 aromatic carbocycles. The number of rotatable bonds is 8. The van der Waals surface area contributed by atoms with Crippen LogP contribution in [-0.4, -0.2) is 43.8 Å². The lowest BCUT2D eigenvalue weighted by Crippen LogP contribution is -2.44. The zero-order valence-corrected chi connectivity index (χ0v) is 17.6. The second kappa shape index (κ2) is 11.8. The van der Waals surface area contributed by atoms with Crippen molar-refractivity contribution < 1.29 is 13.5 Å². The fourth-order valence-corrected chi connectivity index (χ4v) is 2.27. The summed E-state index contributed by atoms with van der Waals surface area (Å²) < 4.78 is 23.5. The molecule has 0 bridgehead atoms. The molecule has 2 N–H and O–H groups in total. The Bertz CT molecular complexity index is 676. The first-order valence-corrected chi connectivity index (χ1v) is 8.36. The molecule has 1 unspecified atom stereocenters. The Kier molecular flexibility index (Phi) is 10.2. The summed E-state index contributed by atoms with van der Waals surface area (Å²) in [5.41, 5.74) is 1.56. The predicted octanol–water partition coefficient (Wildman–Crippen LogP) is 3.23. The Hall–Kier alpha value is -1.68. The molecule has 144 valence electrons. The summed E-state index contributed by atoms with van der Waals surface area (Å²) in [4.78, 5) is 8.96. The third kappa shape index (κ3) is 7.28. The Morgan fingerprint density at radius 3 is 2.73 bits per heavy atom. The van der Waals surface area contributed by atoms with Gasteiger partial charge in [-0.3, -0.25) is 4.99 Å². The highest BCUT2D eigenvalue weighted by Crippen LogP contribution is 2.19. The first-order valence-electron chi connectivity index (χ1n) is 8.36. The van der Waals surface area contributed by atoms with Crippen LogP contribution in [0.4, 0.5) is 4.39 Å². The van der Waals surface area contributed by atoms with E-state index in [9.17, 15) is 4.39 Å². The van der Waals surface area contributed by atoms with E-state index in [0.29, 0.717) is 25.5 Å². The third-order valence-electron chi connectivity index (χ3n) is 3.42. The number of aromatic nitrogens is 1. The number of aliphatic imine (C=N–C) groups is 1. The Balaban J connectivity index is 0.00000338. The average molecular weight is 476 g/mol. The Morgan fingerprint density at radius 2 is 2.08 bits per heavy atom. The first-order chi connectivity index (χ1) is 12.1. The van der Waals surface area contributed by atoms with Crippen molar-refractivity contribution in [2.45, 2.75) is 26.3 Å². The maximum atomic E-state index is 13.0. The number of ether oxygens (including phenoxy) is 1. The van der Waals surface area contributed by atoms with E-state index < -0.39 is 0 Å². The van der Waals surface area contributed by atoms with Crippen molar-refractivity contribution in [1.29, 1.82) is 0 Å². The van der Waals surface area contributed by atoms with Gasteiger partial charge in [0.2, 0.25) is 5.89 Å². The van der Waals surface area contributed by atoms with Crippen LogP contribution in [0.2, 0.25) is 0 Å². The van der Waals surface area contributed by atoms with Crippen molar-refractivity contribution in [1.82, 2.24) is 15.6 Å². The molecule has 26 heavy (non-hydrogen) atoms. The van der Waals surface area contributed by atoms with Crippen molar-refractivity contribution in [2.24, 2.45) is 4.99 Å². The molecule has 0 amide bonds. The molecular formula is C18H26FIN4O2. The standard InChI is InChI=1S/C18H25FN4O2.HI/c1-4-20-18(22-13(2)11-24-3)21-10-9-16-12-25-17(23-16)14-5-7-15(19)8-6-14;/h5-8,12-13H,4,9-11H2,1-3H3,(H2,20,21,22);1H. The zero-order chi connectivity index (χ0) is 18.1. The maximum Gasteiger partial charge on any atom is 0.226 e. The molecule has 8 heteroatoms. The molecule has 0 aliphatic heterocycles. The lowest BCUT2D eigenvalue weighted by molar-refractivity contribution is 0.179. The van der Waals surface area contributed by atoms with Crippen molar-refractivity contribution in [3.8, 4) is 11.5 Å². The molecule has 0 saturated carbocycles. The minimum atomic E-state index is -0.281. The predicted molar refractivity (Wildman–Crippen MR) is 111 cm³/mol. The summed E-state index contributed by atoms with van der Waals surface area (Å²) in [5, 5.41) is 6.47. The number of nitrogens with zero attached hydrogens (tertiary/aromatic N) is 2. The molecule has 0 radical (unpaired) electrons. The molecule has 0 aliphatic carbocycles. The van der Waals surface area contributed by atoms with E-state index in [1.807, 2.05) is 13.8 Å². The second-order valence-corrected chi connectivity index (χ2v) is 5.66. The smallest absolute Gasteiger partial charge is 0.226 e. The molecule has 0 fully saturated rings. The summed E-state index contributed by atoms with van der Waals surface area (Å²) in [6, 6.07) is 6.24. The van der Waals surface area contributed by atoms with Crippen LogP contribution in [0.3, 0.4) is 0 Å². The molecule has 2 aromatic rings. The summed E-state index contributed by atoms with van der Waals surface area (Å²) in [6.45, 7) is 6.01. The highest BCUT2D eigenvalue weighted by molar-refractivity contribution is 14.0. The van der Waals surface area contributed by atoms with Crippen LogP contribution in [0, 0.1) is 5.82 Å². The molecule has 0 spiro atoms. The minimum absolute atomic E-state index is 0. The monoisotopic (exact) mass is 476 g/mol. The SMILES string of the molecule is CCNC(=NCCc1coc(-c2ccc(F)cc2)n1)NC(C)COC.I. The number of guanidine groups is 1. The topological polar surface area (TPSA) is 71.7 Å². The van der Waals surface area contributed by atoms with E-state index in [-0.39, 0.29) is 35.8 Å². The quantitative estimate of drug-likeness (QED) is 0.348. The number of hydrogen-bond acceptors (Lipinski definition) is 4. The largest absolute Gasteiger partial charge is 0.444 e. The van der Waals surface area contributed by atoms with Gasteiger partial charge in [0.25, 0.3) is 0 Å². The van der Waals surface area contributed by atoms with E-state index in [0.717, 1.165) is 23.8 Å². The molecule has 0 aliphatic rings. The molecular weight excluding hydrogens is 450 g/mol. The fourth-order valence-electron chi connectivity index (χ4n) is 2.27. The molecule has 1 aromatic heterocycles. The van der Waals surface area contributed by atoms with Gasteiger partial charge in [0.15, 0.2) is 5.96 Å². The van der Waals surface area contributed by atoms with Crippen LogP contribution < -0.4 is 10.6 Å². The highest BCUT2D eigenvalue weighted by atomic mass is 127. The van der Waals surface area contributed by atoms with Gasteiger partial charge in [0, 0.05) is 38.2 Å². The van der Waals surface area contributed by atoms with Crippen LogP contribution >= 0.6 is 24.0 Å². The maximum absolute atomic E-state index is 13.0. The van der Waals surface area contributed by atoms with Gasteiger partial charge in [-0.15, -0.1) is 24.0 Å². The molecule has 2 rings (SSSR count). The van der Waals surface area contributed by atoms with Gasteiger partial charge in [-0.1, -0.05) is 0 Å². The van der Waals surface area contributed by atoms with Gasteiger partial charge < -0.3 is 19.8 Å². The van der Waals surface area contributed by atoms with Gasteiger partial charge in [0.1, 0.15) is 12.1 Å². The molecule has 0 saturated heterocycles. The van der Waals surface area contributed by atoms with E-state index >= 15 is 0 Å². The summed E-state index contributed by atoms with van der Waals surface area (Å²) >= 11 is 0. The number of oxazole rings is 1. The van der Waals surface area contributed by atoms with Crippen LogP contribution in [-0.2, 0) is 11.2 Å². The Labute approximate surface area is 170 Å². The van der Waals surface area contributed by atoms with E-state index in [1.54, 1.807) is 25.5 Å². The number of hydrogen-bond donors (Lipinski definition) is 2. The normalized spacial score (nSPS) is 12.4. The third-order valence-corrected chi connectivity index (χ3v) is 3.42. The van der Waals surface area contributed by atoms with Gasteiger partial charge in [0.05, 0.1) is 12.3 Å². The average Bonchev–Trinajstić information content (AvgIpc) is 3.05. The lowest BCUT2D eigenvalue weighted by atomic mass is 10.2. The van der Waals surface area contributed by atoms with E-state index in [4.69, 9.17) is 9.15 Å². The number of benzene rings is 1. The molecule has 1 heterocycles. The summed E-state index contributed by atoms with van der Waals surface area (Å²) in [5.74, 6) is 0.947. The van der Waals surface area contributed by atoms with E-state index in [1.165, 1.54) is 12.1 Å². The zero-order valence-electron chi connectivity index (χ0n) is 15.3. The van der Waals surface area contributed by atoms with Crippen LogP contribution in [0.15, 0.2) is 39.9 Å². The first kappa shape index (κ1) is 22.4. The van der Waals surface area contributed by atoms with Crippen molar-refractivity contribution >= 4 is 29.9 Å². The van der Waals surface area contributed by atoms with Crippen LogP contribution in [0.25, 0.3) is 11.5 Å². The highest BCUT2D eigenvalue weighted by Gasteiger charge is 2.08. The van der Waals surface area contributed by atoms with Gasteiger partial charge in [-0.25, -0.2) is 9.37 Å². The number of methoxy groups -OCH3 is 1. The minimum Gasteiger partial charge on any atom is -0.444 e. The summed E-state index contributed by atoms with van der Waals surface area (Å²) in [6.07, 6.45) is 2.27. The lowest BCUT2D eigenvalue weighted by Gasteiger charge is -2.16. The van der Waals surface area contributed by atoms with Gasteiger partial charge >= 0.3 is 0 Å². The van der Waals surface area contributed by atoms with Gasteiger partial charge in [-0.05, 0) is 38.1 Å². The van der Waals surface area contributed by atoms with Gasteiger partial charge in [-0.2, -0.15) is 0 Å². The molecule has 6 nitrogen and oxygen atoms in total. The fraction of sp³-hybridized carbons (Fsp3) is 0.444. The van der Waals surface area contributed by atoms with Crippen molar-refractivity contribution in [2.75, 3.05) is 26.8 Å². The Morgan fingerprint density at radius 1 is 1.35 bits per heavy atom. The van der Waals surface area contributed by atoms with Crippen molar-refractivity contribution in [3.05, 3.63) is 42.0 Å². The van der Waals surface area contributed by atoms with Crippen LogP contribution in [0.5, 0.6) is 0 Å². The van der Waals surface area contributed by atoms with Crippen LogP contribution in [0.1, 0.15) is 19.5 Å². The second-order valence-electron chi connectivity index (χ2n) is 5.66. The summed E-state index contributed by atoms with van der Waals surface area (Å²) in [7, 11) is 1.67. The number of nitrogens with one attached hydrogen (secondary N) is 2. The van der Waals surface area contributed by atoms with E-state index in [2.05, 4.69) is 20.6 Å². The molecule has 1 atom stereocenters. The number of halogens is 2.